The molecule has 0 saturated carbocycles. The molecule has 1 amide bonds. The van der Waals surface area contributed by atoms with Crippen LogP contribution in [0.5, 0.6) is 0 Å². The van der Waals surface area contributed by atoms with Crippen LogP contribution in [0.2, 0.25) is 0 Å². The Bertz CT molecular complexity index is 206. The van der Waals surface area contributed by atoms with Crippen molar-refractivity contribution < 1.29 is 14.3 Å². The lowest BCUT2D eigenvalue weighted by atomic mass is 10.1. The maximum atomic E-state index is 11.4. The summed E-state index contributed by atoms with van der Waals surface area (Å²) in [6, 6.07) is 0. The van der Waals surface area contributed by atoms with Gasteiger partial charge in [-0.15, -0.1) is 0 Å². The highest BCUT2D eigenvalue weighted by atomic mass is 16.5. The minimum atomic E-state index is 0.0591. The van der Waals surface area contributed by atoms with E-state index in [2.05, 4.69) is 10.6 Å². The van der Waals surface area contributed by atoms with Gasteiger partial charge >= 0.3 is 0 Å². The van der Waals surface area contributed by atoms with E-state index in [1.165, 1.54) is 0 Å². The third-order valence-electron chi connectivity index (χ3n) is 2.89. The molecule has 0 radical (unpaired) electrons. The number of hydrogen-bond acceptors (Lipinski definition) is 4. The van der Waals surface area contributed by atoms with Gasteiger partial charge in [-0.25, -0.2) is 0 Å². The van der Waals surface area contributed by atoms with E-state index in [1.54, 1.807) is 7.11 Å². The summed E-state index contributed by atoms with van der Waals surface area (Å²) >= 11 is 0. The second-order valence-electron chi connectivity index (χ2n) is 4.39. The number of ether oxygens (including phenoxy) is 2. The van der Waals surface area contributed by atoms with E-state index in [0.29, 0.717) is 25.6 Å². The third-order valence-corrected chi connectivity index (χ3v) is 2.89. The first kappa shape index (κ1) is 14.4. The number of amides is 1. The zero-order chi connectivity index (χ0) is 12.3. The summed E-state index contributed by atoms with van der Waals surface area (Å²) < 4.78 is 10.2. The molecule has 1 rings (SSSR count). The predicted molar refractivity (Wildman–Crippen MR) is 65.9 cm³/mol. The smallest absolute Gasteiger partial charge is 0.233 e. The van der Waals surface area contributed by atoms with Crippen molar-refractivity contribution in [3.8, 4) is 0 Å². The fraction of sp³-hybridized carbons (Fsp3) is 0.917. The zero-order valence-electron chi connectivity index (χ0n) is 10.7. The number of carbonyl (C=O) groups excluding carboxylic acids is 1. The molecule has 1 unspecified atom stereocenters. The van der Waals surface area contributed by atoms with Gasteiger partial charge in [-0.1, -0.05) is 0 Å². The second-order valence-corrected chi connectivity index (χ2v) is 4.39. The average Bonchev–Trinajstić information content (AvgIpc) is 2.83. The lowest BCUT2D eigenvalue weighted by Gasteiger charge is -2.09. The number of methoxy groups -OCH3 is 1. The highest BCUT2D eigenvalue weighted by molar-refractivity contribution is 5.77. The van der Waals surface area contributed by atoms with Crippen LogP contribution in [0.25, 0.3) is 0 Å². The van der Waals surface area contributed by atoms with Gasteiger partial charge in [-0.3, -0.25) is 4.79 Å². The normalized spacial score (nSPS) is 19.5. The van der Waals surface area contributed by atoms with Gasteiger partial charge in [0.1, 0.15) is 0 Å². The van der Waals surface area contributed by atoms with Crippen molar-refractivity contribution in [3.63, 3.8) is 0 Å². The molecule has 1 fully saturated rings. The number of hydrogen-bond donors (Lipinski definition) is 2. The molecule has 2 N–H and O–H groups in total. The molecule has 1 saturated heterocycles. The summed E-state index contributed by atoms with van der Waals surface area (Å²) in [6.45, 7) is 4.44. The predicted octanol–water partition coefficient (Wildman–Crippen LogP) is 0.155. The van der Waals surface area contributed by atoms with E-state index in [0.717, 1.165) is 39.0 Å². The van der Waals surface area contributed by atoms with Crippen molar-refractivity contribution in [1.29, 1.82) is 0 Å². The molecular weight excluding hydrogens is 220 g/mol. The van der Waals surface area contributed by atoms with Crippen LogP contribution in [-0.4, -0.2) is 52.5 Å². The van der Waals surface area contributed by atoms with Crippen LogP contribution in [0, 0.1) is 5.92 Å². The molecule has 5 nitrogen and oxygen atoms in total. The molecule has 5 heteroatoms. The second kappa shape index (κ2) is 9.39. The van der Waals surface area contributed by atoms with E-state index in [1.807, 2.05) is 0 Å². The van der Waals surface area contributed by atoms with Crippen molar-refractivity contribution in [2.45, 2.75) is 19.3 Å². The van der Waals surface area contributed by atoms with Crippen molar-refractivity contribution in [2.75, 3.05) is 46.6 Å². The van der Waals surface area contributed by atoms with E-state index in [9.17, 15) is 4.79 Å². The lowest BCUT2D eigenvalue weighted by molar-refractivity contribution is -0.120. The molecule has 0 aliphatic carbocycles. The summed E-state index contributed by atoms with van der Waals surface area (Å²) in [5.74, 6) is 0.732. The highest BCUT2D eigenvalue weighted by Crippen LogP contribution is 2.14. The van der Waals surface area contributed by atoms with Crippen LogP contribution in [0.15, 0.2) is 0 Å². The van der Waals surface area contributed by atoms with E-state index >= 15 is 0 Å². The first-order chi connectivity index (χ1) is 8.33. The Kier molecular flexibility index (Phi) is 7.96. The first-order valence-electron chi connectivity index (χ1n) is 6.37. The van der Waals surface area contributed by atoms with E-state index in [-0.39, 0.29) is 5.91 Å². The van der Waals surface area contributed by atoms with Crippen molar-refractivity contribution >= 4 is 5.91 Å². The van der Waals surface area contributed by atoms with Gasteiger partial charge in [0.2, 0.25) is 5.91 Å². The minimum Gasteiger partial charge on any atom is -0.385 e. The quantitative estimate of drug-likeness (QED) is 0.567. The SMILES string of the molecule is COCCCNC(=O)CNCCC1CCOC1. The summed E-state index contributed by atoms with van der Waals surface area (Å²) in [5.41, 5.74) is 0. The molecule has 17 heavy (non-hydrogen) atoms. The molecular formula is C12H24N2O3. The molecule has 0 aromatic rings. The summed E-state index contributed by atoms with van der Waals surface area (Å²) in [4.78, 5) is 11.4. The van der Waals surface area contributed by atoms with Crippen LogP contribution in [0.4, 0.5) is 0 Å². The number of rotatable bonds is 9. The van der Waals surface area contributed by atoms with Crippen LogP contribution in [0.1, 0.15) is 19.3 Å². The van der Waals surface area contributed by atoms with Crippen LogP contribution < -0.4 is 10.6 Å². The van der Waals surface area contributed by atoms with Crippen molar-refractivity contribution in [2.24, 2.45) is 5.92 Å². The molecule has 0 spiro atoms. The number of nitrogens with one attached hydrogen (secondary N) is 2. The van der Waals surface area contributed by atoms with Crippen molar-refractivity contribution in [3.05, 3.63) is 0 Å². The van der Waals surface area contributed by atoms with E-state index < -0.39 is 0 Å². The number of carbonyl (C=O) groups is 1. The van der Waals surface area contributed by atoms with Gasteiger partial charge < -0.3 is 20.1 Å². The lowest BCUT2D eigenvalue weighted by Crippen LogP contribution is -2.35. The monoisotopic (exact) mass is 244 g/mol. The molecule has 0 bridgehead atoms. The third kappa shape index (κ3) is 7.31. The van der Waals surface area contributed by atoms with Crippen LogP contribution in [0.3, 0.4) is 0 Å². The molecule has 1 atom stereocenters. The summed E-state index contributed by atoms with van der Waals surface area (Å²) in [6.07, 6.45) is 3.11. The van der Waals surface area contributed by atoms with Gasteiger partial charge in [0.05, 0.1) is 6.54 Å². The Hall–Kier alpha value is -0.650. The minimum absolute atomic E-state index is 0.0591. The fourth-order valence-corrected chi connectivity index (χ4v) is 1.83. The highest BCUT2D eigenvalue weighted by Gasteiger charge is 2.14. The largest absolute Gasteiger partial charge is 0.385 e. The van der Waals surface area contributed by atoms with Gasteiger partial charge in [0, 0.05) is 33.5 Å². The first-order valence-corrected chi connectivity index (χ1v) is 6.37. The Balaban J connectivity index is 1.85. The van der Waals surface area contributed by atoms with Gasteiger partial charge in [-0.05, 0) is 31.7 Å². The summed E-state index contributed by atoms with van der Waals surface area (Å²) in [7, 11) is 1.66. The average molecular weight is 244 g/mol. The summed E-state index contributed by atoms with van der Waals surface area (Å²) in [5, 5.41) is 5.99. The Morgan fingerprint density at radius 2 is 2.35 bits per heavy atom. The molecule has 1 heterocycles. The van der Waals surface area contributed by atoms with Gasteiger partial charge in [0.25, 0.3) is 0 Å². The zero-order valence-corrected chi connectivity index (χ0v) is 10.7. The van der Waals surface area contributed by atoms with Gasteiger partial charge in [0.15, 0.2) is 0 Å². The van der Waals surface area contributed by atoms with E-state index in [4.69, 9.17) is 9.47 Å². The molecule has 100 valence electrons. The van der Waals surface area contributed by atoms with Gasteiger partial charge in [-0.2, -0.15) is 0 Å². The Morgan fingerprint density at radius 3 is 3.06 bits per heavy atom. The molecule has 1 aliphatic heterocycles. The fourth-order valence-electron chi connectivity index (χ4n) is 1.83. The maximum absolute atomic E-state index is 11.4. The molecule has 1 aliphatic rings. The maximum Gasteiger partial charge on any atom is 0.233 e. The van der Waals surface area contributed by atoms with Crippen LogP contribution >= 0.6 is 0 Å². The van der Waals surface area contributed by atoms with Crippen molar-refractivity contribution in [1.82, 2.24) is 10.6 Å². The molecule has 0 aromatic carbocycles. The Labute approximate surface area is 103 Å². The Morgan fingerprint density at radius 1 is 1.47 bits per heavy atom. The standard InChI is InChI=1S/C12H24N2O3/c1-16-7-2-5-14-12(15)9-13-6-3-11-4-8-17-10-11/h11,13H,2-10H2,1H3,(H,14,15). The molecule has 0 aromatic heterocycles. The topological polar surface area (TPSA) is 59.6 Å². The van der Waals surface area contributed by atoms with Crippen LogP contribution in [-0.2, 0) is 14.3 Å².